The van der Waals surface area contributed by atoms with E-state index in [9.17, 15) is 0 Å². The third-order valence-electron chi connectivity index (χ3n) is 1.27. The highest BCUT2D eigenvalue weighted by molar-refractivity contribution is 14.1. The molecule has 0 aromatic heterocycles. The van der Waals surface area contributed by atoms with Gasteiger partial charge in [-0.3, -0.25) is 0 Å². The SMILES string of the molecule is I/N=C1/CCCNC1. The fourth-order valence-corrected chi connectivity index (χ4v) is 1.22. The fourth-order valence-electron chi connectivity index (χ4n) is 0.811. The topological polar surface area (TPSA) is 24.4 Å². The lowest BCUT2D eigenvalue weighted by atomic mass is 10.1. The lowest BCUT2D eigenvalue weighted by Gasteiger charge is -2.11. The Labute approximate surface area is 63.3 Å². The highest BCUT2D eigenvalue weighted by atomic mass is 127. The van der Waals surface area contributed by atoms with Crippen LogP contribution >= 0.6 is 22.9 Å². The maximum absolute atomic E-state index is 4.07. The molecule has 0 unspecified atom stereocenters. The van der Waals surface area contributed by atoms with E-state index in [2.05, 4.69) is 31.4 Å². The van der Waals surface area contributed by atoms with Crippen LogP contribution in [0.25, 0.3) is 0 Å². The van der Waals surface area contributed by atoms with Crippen molar-refractivity contribution in [2.75, 3.05) is 13.1 Å². The maximum Gasteiger partial charge on any atom is 0.0830 e. The van der Waals surface area contributed by atoms with Gasteiger partial charge in [0.2, 0.25) is 0 Å². The van der Waals surface area contributed by atoms with Crippen molar-refractivity contribution in [1.29, 1.82) is 0 Å². The van der Waals surface area contributed by atoms with Crippen LogP contribution in [-0.4, -0.2) is 18.8 Å². The second-order valence-electron chi connectivity index (χ2n) is 1.93. The first kappa shape index (κ1) is 6.48. The van der Waals surface area contributed by atoms with E-state index in [-0.39, 0.29) is 0 Å². The number of nitrogens with zero attached hydrogens (tertiary/aromatic N) is 1. The van der Waals surface area contributed by atoms with Gasteiger partial charge in [-0.2, -0.15) is 0 Å². The molecular weight excluding hydrogens is 215 g/mol. The Kier molecular flexibility index (Phi) is 2.75. The summed E-state index contributed by atoms with van der Waals surface area (Å²) in [6.07, 6.45) is 2.44. The minimum Gasteiger partial charge on any atom is -0.311 e. The van der Waals surface area contributed by atoms with E-state index >= 15 is 0 Å². The molecule has 0 spiro atoms. The van der Waals surface area contributed by atoms with Gasteiger partial charge in [0.05, 0.1) is 22.9 Å². The van der Waals surface area contributed by atoms with Gasteiger partial charge >= 0.3 is 0 Å². The largest absolute Gasteiger partial charge is 0.311 e. The summed E-state index contributed by atoms with van der Waals surface area (Å²) in [7, 11) is 0. The zero-order valence-corrected chi connectivity index (χ0v) is 6.81. The summed E-state index contributed by atoms with van der Waals surface area (Å²) in [5.74, 6) is 0. The van der Waals surface area contributed by atoms with Crippen molar-refractivity contribution in [3.05, 3.63) is 0 Å². The minimum absolute atomic E-state index is 1.00. The number of hydrogen-bond donors (Lipinski definition) is 1. The fraction of sp³-hybridized carbons (Fsp3) is 0.800. The summed E-state index contributed by atoms with van der Waals surface area (Å²) >= 11 is 2.05. The molecule has 0 aromatic carbocycles. The van der Waals surface area contributed by atoms with Crippen molar-refractivity contribution in [1.82, 2.24) is 5.32 Å². The highest BCUT2D eigenvalue weighted by Gasteiger charge is 2.03. The second kappa shape index (κ2) is 3.40. The van der Waals surface area contributed by atoms with Gasteiger partial charge in [0.1, 0.15) is 0 Å². The van der Waals surface area contributed by atoms with E-state index in [4.69, 9.17) is 0 Å². The molecule has 1 aliphatic heterocycles. The van der Waals surface area contributed by atoms with Crippen molar-refractivity contribution in [3.63, 3.8) is 0 Å². The van der Waals surface area contributed by atoms with E-state index in [0.717, 1.165) is 13.1 Å². The van der Waals surface area contributed by atoms with Crippen LogP contribution in [0.2, 0.25) is 0 Å². The van der Waals surface area contributed by atoms with Crippen molar-refractivity contribution in [2.45, 2.75) is 12.8 Å². The molecule has 1 heterocycles. The molecular formula is C5H9IN2. The zero-order chi connectivity index (χ0) is 5.82. The van der Waals surface area contributed by atoms with Gasteiger partial charge < -0.3 is 5.32 Å². The standard InChI is InChI=1S/C5H9IN2/c6-8-5-2-1-3-7-4-5/h7H,1-4H2/b8-5-. The third-order valence-corrected chi connectivity index (χ3v) is 1.95. The number of nitrogens with one attached hydrogen (secondary N) is 1. The van der Waals surface area contributed by atoms with Crippen LogP contribution in [0.1, 0.15) is 12.8 Å². The summed E-state index contributed by atoms with van der Waals surface area (Å²) in [5, 5.41) is 3.25. The van der Waals surface area contributed by atoms with Crippen LogP contribution in [0, 0.1) is 0 Å². The normalized spacial score (nSPS) is 26.4. The number of piperidine rings is 1. The molecule has 8 heavy (non-hydrogen) atoms. The summed E-state index contributed by atoms with van der Waals surface area (Å²) < 4.78 is 4.07. The molecule has 1 saturated heterocycles. The molecule has 0 aliphatic carbocycles. The molecule has 46 valence electrons. The third kappa shape index (κ3) is 1.70. The molecule has 3 heteroatoms. The lowest BCUT2D eigenvalue weighted by Crippen LogP contribution is -2.29. The Hall–Kier alpha value is 0.360. The molecule has 0 saturated carbocycles. The Balaban J connectivity index is 2.33. The Morgan fingerprint density at radius 3 is 2.88 bits per heavy atom. The summed E-state index contributed by atoms with van der Waals surface area (Å²) in [6.45, 7) is 2.17. The molecule has 0 radical (unpaired) electrons. The highest BCUT2D eigenvalue weighted by Crippen LogP contribution is 1.99. The first-order chi connectivity index (χ1) is 3.93. The van der Waals surface area contributed by atoms with Gasteiger partial charge in [-0.05, 0) is 19.4 Å². The van der Waals surface area contributed by atoms with Gasteiger partial charge in [0, 0.05) is 12.3 Å². The molecule has 1 aliphatic rings. The van der Waals surface area contributed by atoms with Crippen LogP contribution in [0.4, 0.5) is 0 Å². The van der Waals surface area contributed by atoms with Gasteiger partial charge in [-0.15, -0.1) is 0 Å². The van der Waals surface area contributed by atoms with Crippen LogP contribution in [0.3, 0.4) is 0 Å². The van der Waals surface area contributed by atoms with Crippen molar-refractivity contribution in [2.24, 2.45) is 3.21 Å². The first-order valence-electron chi connectivity index (χ1n) is 2.81. The van der Waals surface area contributed by atoms with Crippen molar-refractivity contribution < 1.29 is 0 Å². The number of rotatable bonds is 0. The summed E-state index contributed by atoms with van der Waals surface area (Å²) in [5.41, 5.74) is 1.30. The van der Waals surface area contributed by atoms with Gasteiger partial charge in [-0.1, -0.05) is 0 Å². The van der Waals surface area contributed by atoms with Crippen LogP contribution in [-0.2, 0) is 0 Å². The molecule has 2 nitrogen and oxygen atoms in total. The average molecular weight is 224 g/mol. The van der Waals surface area contributed by atoms with E-state index < -0.39 is 0 Å². The number of hydrogen-bond acceptors (Lipinski definition) is 2. The molecule has 0 aromatic rings. The Morgan fingerprint density at radius 2 is 2.50 bits per heavy atom. The quantitative estimate of drug-likeness (QED) is 0.613. The molecule has 0 amide bonds. The summed E-state index contributed by atoms with van der Waals surface area (Å²) in [6, 6.07) is 0. The van der Waals surface area contributed by atoms with Crippen LogP contribution in [0.15, 0.2) is 3.21 Å². The second-order valence-corrected chi connectivity index (χ2v) is 2.41. The van der Waals surface area contributed by atoms with E-state index in [0.29, 0.717) is 0 Å². The predicted octanol–water partition coefficient (Wildman–Crippen LogP) is 1.16. The van der Waals surface area contributed by atoms with Crippen molar-refractivity contribution >= 4 is 28.6 Å². The van der Waals surface area contributed by atoms with Crippen LogP contribution in [0.5, 0.6) is 0 Å². The van der Waals surface area contributed by atoms with Gasteiger partial charge in [-0.25, -0.2) is 3.21 Å². The Bertz CT molecular complexity index is 92.6. The predicted molar refractivity (Wildman–Crippen MR) is 43.6 cm³/mol. The van der Waals surface area contributed by atoms with E-state index in [1.165, 1.54) is 18.6 Å². The average Bonchev–Trinajstić information content (AvgIpc) is 1.90. The summed E-state index contributed by atoms with van der Waals surface area (Å²) in [4.78, 5) is 0. The minimum atomic E-state index is 1.00. The van der Waals surface area contributed by atoms with Gasteiger partial charge in [0.25, 0.3) is 0 Å². The molecule has 0 atom stereocenters. The van der Waals surface area contributed by atoms with E-state index in [1.54, 1.807) is 0 Å². The zero-order valence-electron chi connectivity index (χ0n) is 4.65. The maximum atomic E-state index is 4.07. The van der Waals surface area contributed by atoms with Gasteiger partial charge in [0.15, 0.2) is 0 Å². The molecule has 1 N–H and O–H groups in total. The number of halogens is 1. The molecule has 1 fully saturated rings. The molecule has 0 bridgehead atoms. The molecule has 1 rings (SSSR count). The first-order valence-corrected chi connectivity index (χ1v) is 3.77. The van der Waals surface area contributed by atoms with Crippen LogP contribution < -0.4 is 5.32 Å². The lowest BCUT2D eigenvalue weighted by molar-refractivity contribution is 0.675. The Morgan fingerprint density at radius 1 is 1.62 bits per heavy atom. The monoisotopic (exact) mass is 224 g/mol. The van der Waals surface area contributed by atoms with Crippen molar-refractivity contribution in [3.8, 4) is 0 Å². The smallest absolute Gasteiger partial charge is 0.0830 e. The van der Waals surface area contributed by atoms with E-state index in [1.807, 2.05) is 0 Å².